The minimum absolute atomic E-state index is 0.104. The van der Waals surface area contributed by atoms with Gasteiger partial charge in [0.05, 0.1) is 5.69 Å². The van der Waals surface area contributed by atoms with Crippen molar-refractivity contribution in [3.05, 3.63) is 113 Å². The van der Waals surface area contributed by atoms with Gasteiger partial charge in [0.2, 0.25) is 0 Å². The summed E-state index contributed by atoms with van der Waals surface area (Å²) in [7, 11) is 0. The first kappa shape index (κ1) is 21.6. The van der Waals surface area contributed by atoms with E-state index in [1.165, 1.54) is 23.0 Å². The van der Waals surface area contributed by atoms with Gasteiger partial charge in [-0.05, 0) is 60.4 Å². The van der Waals surface area contributed by atoms with Gasteiger partial charge in [-0.25, -0.2) is 14.4 Å². The molecular weight excluding hydrogens is 459 g/mol. The van der Waals surface area contributed by atoms with Crippen molar-refractivity contribution in [2.45, 2.75) is 24.9 Å². The second-order valence-electron chi connectivity index (χ2n) is 8.78. The number of hydrogen-bond donors (Lipinski definition) is 0. The molecule has 1 fully saturated rings. The minimum atomic E-state index is -0.456. The van der Waals surface area contributed by atoms with Gasteiger partial charge in [-0.3, -0.25) is 4.79 Å². The molecule has 0 bridgehead atoms. The molecule has 0 aliphatic heterocycles. The Bertz CT molecular complexity index is 1530. The summed E-state index contributed by atoms with van der Waals surface area (Å²) in [4.78, 5) is 21.2. The van der Waals surface area contributed by atoms with Crippen LogP contribution in [0.25, 0.3) is 20.9 Å². The zero-order chi connectivity index (χ0) is 23.8. The van der Waals surface area contributed by atoms with Crippen LogP contribution in [-0.4, -0.2) is 16.3 Å². The van der Waals surface area contributed by atoms with E-state index in [1.807, 2.05) is 42.5 Å². The summed E-state index contributed by atoms with van der Waals surface area (Å²) in [6.45, 7) is 0.537. The number of nitrogens with zero attached hydrogens (tertiary/aromatic N) is 2. The lowest BCUT2D eigenvalue weighted by molar-refractivity contribution is 0.112. The molecule has 6 heteroatoms. The van der Waals surface area contributed by atoms with Crippen molar-refractivity contribution in [3.63, 3.8) is 0 Å². The summed E-state index contributed by atoms with van der Waals surface area (Å²) >= 11 is 1.37. The van der Waals surface area contributed by atoms with Gasteiger partial charge in [-0.1, -0.05) is 59.9 Å². The third kappa shape index (κ3) is 4.10. The van der Waals surface area contributed by atoms with E-state index in [2.05, 4.69) is 29.2 Å². The highest BCUT2D eigenvalue weighted by Crippen LogP contribution is 2.53. The molecule has 0 atom stereocenters. The lowest BCUT2D eigenvalue weighted by Gasteiger charge is -2.16. The highest BCUT2D eigenvalue weighted by atomic mass is 32.1. The number of thiazole rings is 1. The molecule has 1 aliphatic carbocycles. The first-order valence-electron chi connectivity index (χ1n) is 11.5. The van der Waals surface area contributed by atoms with Gasteiger partial charge in [-0.2, -0.15) is 0 Å². The Morgan fingerprint density at radius 3 is 2.46 bits per heavy atom. The van der Waals surface area contributed by atoms with E-state index in [-0.39, 0.29) is 5.41 Å². The number of carbonyl (C=O) groups is 1. The molecule has 5 aromatic rings. The summed E-state index contributed by atoms with van der Waals surface area (Å²) in [6.07, 6.45) is 2.70. The molecule has 35 heavy (non-hydrogen) atoms. The van der Waals surface area contributed by atoms with Gasteiger partial charge in [-0.15, -0.1) is 0 Å². The molecule has 2 heterocycles. The monoisotopic (exact) mass is 480 g/mol. The second-order valence-corrected chi connectivity index (χ2v) is 9.76. The zero-order valence-corrected chi connectivity index (χ0v) is 19.6. The normalized spacial score (nSPS) is 14.1. The van der Waals surface area contributed by atoms with Crippen LogP contribution in [0.1, 0.15) is 40.0 Å². The minimum Gasteiger partial charge on any atom is -0.489 e. The van der Waals surface area contributed by atoms with E-state index >= 15 is 0 Å². The number of ether oxygens (including phenoxy) is 1. The van der Waals surface area contributed by atoms with E-state index in [4.69, 9.17) is 9.72 Å². The molecule has 0 spiro atoms. The third-order valence-electron chi connectivity index (χ3n) is 6.51. The van der Waals surface area contributed by atoms with E-state index in [0.29, 0.717) is 29.0 Å². The number of pyridine rings is 1. The molecule has 172 valence electrons. The van der Waals surface area contributed by atoms with Gasteiger partial charge < -0.3 is 4.74 Å². The van der Waals surface area contributed by atoms with Gasteiger partial charge in [0.1, 0.15) is 39.8 Å². The number of fused-ring (bicyclic) bond motifs is 1. The fourth-order valence-corrected chi connectivity index (χ4v) is 5.37. The second kappa shape index (κ2) is 8.71. The van der Waals surface area contributed by atoms with Crippen molar-refractivity contribution in [1.29, 1.82) is 0 Å². The topological polar surface area (TPSA) is 52.1 Å². The predicted octanol–water partition coefficient (Wildman–Crippen LogP) is 6.97. The first-order valence-corrected chi connectivity index (χ1v) is 12.3. The number of carbonyl (C=O) groups excluding carboxylic acids is 1. The zero-order valence-electron chi connectivity index (χ0n) is 18.8. The molecule has 6 rings (SSSR count). The Labute approximate surface area is 206 Å². The number of hydrogen-bond acceptors (Lipinski definition) is 5. The molecule has 1 saturated carbocycles. The predicted molar refractivity (Wildman–Crippen MR) is 135 cm³/mol. The number of benzene rings is 3. The van der Waals surface area contributed by atoms with Crippen molar-refractivity contribution in [2.75, 3.05) is 0 Å². The van der Waals surface area contributed by atoms with Gasteiger partial charge in [0, 0.05) is 16.5 Å². The molecule has 0 saturated heterocycles. The Kier molecular flexibility index (Phi) is 5.38. The Balaban J connectivity index is 1.25. The van der Waals surface area contributed by atoms with E-state index in [9.17, 15) is 9.18 Å². The largest absolute Gasteiger partial charge is 0.489 e. The lowest BCUT2D eigenvalue weighted by Crippen LogP contribution is -2.10. The van der Waals surface area contributed by atoms with Crippen LogP contribution in [0.15, 0.2) is 84.9 Å². The molecule has 0 radical (unpaired) electrons. The average Bonchev–Trinajstić information content (AvgIpc) is 3.60. The Morgan fingerprint density at radius 1 is 0.943 bits per heavy atom. The van der Waals surface area contributed by atoms with Crippen LogP contribution < -0.4 is 4.74 Å². The van der Waals surface area contributed by atoms with Crippen LogP contribution >= 0.6 is 11.3 Å². The maximum Gasteiger partial charge on any atom is 0.150 e. The summed E-state index contributed by atoms with van der Waals surface area (Å²) < 4.78 is 20.5. The number of aldehydes is 1. The molecule has 0 amide bonds. The third-order valence-corrected chi connectivity index (χ3v) is 7.51. The molecular formula is C29H21FN2O2S. The summed E-state index contributed by atoms with van der Waals surface area (Å²) in [5.74, 6) is 0.383. The lowest BCUT2D eigenvalue weighted by atomic mass is 9.92. The average molecular weight is 481 g/mol. The molecule has 1 aliphatic rings. The number of halogens is 1. The quantitative estimate of drug-likeness (QED) is 0.236. The first-order chi connectivity index (χ1) is 17.1. The Hall–Kier alpha value is -3.90. The van der Waals surface area contributed by atoms with Crippen molar-refractivity contribution in [2.24, 2.45) is 0 Å². The van der Waals surface area contributed by atoms with Crippen LogP contribution in [0.4, 0.5) is 4.39 Å². The van der Waals surface area contributed by atoms with Crippen molar-refractivity contribution in [1.82, 2.24) is 9.97 Å². The Morgan fingerprint density at radius 2 is 1.74 bits per heavy atom. The fourth-order valence-electron chi connectivity index (χ4n) is 4.41. The van der Waals surface area contributed by atoms with Crippen molar-refractivity contribution >= 4 is 28.0 Å². The number of rotatable bonds is 7. The molecule has 0 unspecified atom stereocenters. The maximum atomic E-state index is 14.5. The number of aromatic nitrogens is 2. The van der Waals surface area contributed by atoms with Crippen molar-refractivity contribution < 1.29 is 13.9 Å². The van der Waals surface area contributed by atoms with Crippen molar-refractivity contribution in [3.8, 4) is 16.3 Å². The summed E-state index contributed by atoms with van der Waals surface area (Å²) in [5.41, 5.74) is 4.69. The highest BCUT2D eigenvalue weighted by molar-refractivity contribution is 7.21. The summed E-state index contributed by atoms with van der Waals surface area (Å²) in [6, 6.07) is 26.8. The van der Waals surface area contributed by atoms with Crippen LogP contribution in [-0.2, 0) is 12.0 Å². The van der Waals surface area contributed by atoms with Gasteiger partial charge >= 0.3 is 0 Å². The van der Waals surface area contributed by atoms with E-state index in [1.54, 1.807) is 12.1 Å². The van der Waals surface area contributed by atoms with Crippen LogP contribution in [0.2, 0.25) is 0 Å². The maximum absolute atomic E-state index is 14.5. The SMILES string of the molecule is O=Cc1ccc(-c2nc3ccc(C4(c5ccc(OCc6ccccc6)cc5)CC4)nc3s2)c(F)c1. The van der Waals surface area contributed by atoms with Crippen LogP contribution in [0, 0.1) is 5.82 Å². The molecule has 4 nitrogen and oxygen atoms in total. The van der Waals surface area contributed by atoms with E-state index < -0.39 is 5.82 Å². The van der Waals surface area contributed by atoms with Gasteiger partial charge in [0.25, 0.3) is 0 Å². The van der Waals surface area contributed by atoms with Crippen LogP contribution in [0.3, 0.4) is 0 Å². The standard InChI is InChI=1S/C29H21FN2O2S/c30-24-16-20(17-33)6-11-23(24)27-31-25-12-13-26(32-28(25)35-27)29(14-15-29)21-7-9-22(10-8-21)34-18-19-4-2-1-3-5-19/h1-13,16-17H,14-15,18H2. The van der Waals surface area contributed by atoms with Gasteiger partial charge in [0.15, 0.2) is 0 Å². The summed E-state index contributed by atoms with van der Waals surface area (Å²) in [5, 5.41) is 0.560. The molecule has 3 aromatic carbocycles. The molecule has 2 aromatic heterocycles. The van der Waals surface area contributed by atoms with Crippen LogP contribution in [0.5, 0.6) is 5.75 Å². The highest BCUT2D eigenvalue weighted by Gasteiger charge is 2.47. The van der Waals surface area contributed by atoms with E-state index in [0.717, 1.165) is 40.2 Å². The fraction of sp³-hybridized carbons (Fsp3) is 0.138. The molecule has 0 N–H and O–H groups in total. The smallest absolute Gasteiger partial charge is 0.150 e.